The maximum absolute atomic E-state index is 5.12. The first-order chi connectivity index (χ1) is 8.29. The zero-order valence-corrected chi connectivity index (χ0v) is 10.1. The molecule has 0 saturated heterocycles. The average molecular weight is 226 g/mol. The van der Waals surface area contributed by atoms with Gasteiger partial charge in [-0.2, -0.15) is 0 Å². The third-order valence-electron chi connectivity index (χ3n) is 2.66. The van der Waals surface area contributed by atoms with E-state index in [1.807, 2.05) is 49.6 Å². The van der Waals surface area contributed by atoms with Crippen molar-refractivity contribution >= 4 is 12.2 Å². The van der Waals surface area contributed by atoms with E-state index in [1.54, 1.807) is 7.11 Å². The molecular formula is C15H16NO+. The summed E-state index contributed by atoms with van der Waals surface area (Å²) in [5, 5.41) is 0. The summed E-state index contributed by atoms with van der Waals surface area (Å²) >= 11 is 0. The molecule has 0 bridgehead atoms. The molecule has 0 aliphatic rings. The molecule has 0 radical (unpaired) electrons. The Kier molecular flexibility index (Phi) is 3.55. The summed E-state index contributed by atoms with van der Waals surface area (Å²) in [6, 6.07) is 14.1. The topological polar surface area (TPSA) is 13.1 Å². The summed E-state index contributed by atoms with van der Waals surface area (Å²) in [6.45, 7) is 0. The second-order valence-corrected chi connectivity index (χ2v) is 3.84. The van der Waals surface area contributed by atoms with E-state index in [0.29, 0.717) is 0 Å². The van der Waals surface area contributed by atoms with E-state index in [0.717, 1.165) is 11.3 Å². The highest BCUT2D eigenvalue weighted by Gasteiger charge is 1.98. The standard InChI is InChI=1S/C15H16NO/c1-16-12-4-3-5-14(16)9-6-13-7-10-15(17-2)11-8-13/h3-12H,1-2H3/q+1/b9-6-. The Bertz CT molecular complexity index is 515. The molecule has 0 atom stereocenters. The van der Waals surface area contributed by atoms with Crippen LogP contribution in [0.25, 0.3) is 12.2 Å². The molecule has 2 heteroatoms. The smallest absolute Gasteiger partial charge is 0.204 e. The number of aromatic nitrogens is 1. The zero-order chi connectivity index (χ0) is 12.1. The van der Waals surface area contributed by atoms with Crippen LogP contribution in [0, 0.1) is 0 Å². The van der Waals surface area contributed by atoms with Gasteiger partial charge in [0.25, 0.3) is 0 Å². The first kappa shape index (κ1) is 11.4. The first-order valence-corrected chi connectivity index (χ1v) is 5.56. The predicted octanol–water partition coefficient (Wildman–Crippen LogP) is 2.69. The maximum atomic E-state index is 5.12. The van der Waals surface area contributed by atoms with Crippen LogP contribution in [0.3, 0.4) is 0 Å². The molecule has 0 N–H and O–H groups in total. The van der Waals surface area contributed by atoms with Crippen molar-refractivity contribution in [3.63, 3.8) is 0 Å². The van der Waals surface area contributed by atoms with E-state index in [9.17, 15) is 0 Å². The van der Waals surface area contributed by atoms with Crippen LogP contribution in [0.1, 0.15) is 11.3 Å². The maximum Gasteiger partial charge on any atom is 0.204 e. The van der Waals surface area contributed by atoms with E-state index >= 15 is 0 Å². The fraction of sp³-hybridized carbons (Fsp3) is 0.133. The van der Waals surface area contributed by atoms with Gasteiger partial charge in [0.05, 0.1) is 7.11 Å². The van der Waals surface area contributed by atoms with Gasteiger partial charge in [0, 0.05) is 18.2 Å². The number of ether oxygens (including phenoxy) is 1. The summed E-state index contributed by atoms with van der Waals surface area (Å²) in [5.74, 6) is 0.882. The van der Waals surface area contributed by atoms with E-state index in [-0.39, 0.29) is 0 Å². The third-order valence-corrected chi connectivity index (χ3v) is 2.66. The Hall–Kier alpha value is -2.09. The number of nitrogens with zero attached hydrogens (tertiary/aromatic N) is 1. The highest BCUT2D eigenvalue weighted by atomic mass is 16.5. The summed E-state index contributed by atoms with van der Waals surface area (Å²) < 4.78 is 7.21. The molecule has 2 nitrogen and oxygen atoms in total. The van der Waals surface area contributed by atoms with Crippen LogP contribution in [-0.2, 0) is 7.05 Å². The number of rotatable bonds is 3. The third kappa shape index (κ3) is 2.94. The number of benzene rings is 1. The van der Waals surface area contributed by atoms with E-state index in [2.05, 4.69) is 22.8 Å². The average Bonchev–Trinajstić information content (AvgIpc) is 2.38. The van der Waals surface area contributed by atoms with Gasteiger partial charge in [-0.25, -0.2) is 4.57 Å². The molecule has 1 aromatic carbocycles. The molecule has 0 amide bonds. The monoisotopic (exact) mass is 226 g/mol. The van der Waals surface area contributed by atoms with Gasteiger partial charge < -0.3 is 4.74 Å². The van der Waals surface area contributed by atoms with Crippen molar-refractivity contribution in [1.29, 1.82) is 0 Å². The lowest BCUT2D eigenvalue weighted by Crippen LogP contribution is -2.30. The lowest BCUT2D eigenvalue weighted by molar-refractivity contribution is -0.673. The summed E-state index contributed by atoms with van der Waals surface area (Å²) in [6.07, 6.45) is 6.23. The van der Waals surface area contributed by atoms with Gasteiger partial charge in [-0.1, -0.05) is 12.1 Å². The van der Waals surface area contributed by atoms with Gasteiger partial charge in [0.1, 0.15) is 12.8 Å². The van der Waals surface area contributed by atoms with Crippen molar-refractivity contribution in [2.45, 2.75) is 0 Å². The molecule has 0 fully saturated rings. The molecule has 0 aliphatic heterocycles. The number of methoxy groups -OCH3 is 1. The molecule has 0 aliphatic carbocycles. The van der Waals surface area contributed by atoms with Crippen molar-refractivity contribution in [1.82, 2.24) is 0 Å². The van der Waals surface area contributed by atoms with E-state index in [4.69, 9.17) is 4.74 Å². The molecule has 0 unspecified atom stereocenters. The quantitative estimate of drug-likeness (QED) is 0.733. The fourth-order valence-corrected chi connectivity index (χ4v) is 1.61. The molecule has 2 rings (SSSR count). The number of pyridine rings is 1. The first-order valence-electron chi connectivity index (χ1n) is 5.56. The summed E-state index contributed by atoms with van der Waals surface area (Å²) in [5.41, 5.74) is 2.33. The van der Waals surface area contributed by atoms with Gasteiger partial charge in [-0.05, 0) is 29.8 Å². The highest BCUT2D eigenvalue weighted by Crippen LogP contribution is 2.13. The van der Waals surface area contributed by atoms with Crippen molar-refractivity contribution in [3.05, 3.63) is 59.9 Å². The molecule has 17 heavy (non-hydrogen) atoms. The van der Waals surface area contributed by atoms with Crippen molar-refractivity contribution < 1.29 is 9.30 Å². The lowest BCUT2D eigenvalue weighted by Gasteiger charge is -1.98. The minimum absolute atomic E-state index is 0.882. The Labute approximate surface area is 102 Å². The van der Waals surface area contributed by atoms with Crippen molar-refractivity contribution in [3.8, 4) is 5.75 Å². The minimum atomic E-state index is 0.882. The second kappa shape index (κ2) is 5.30. The van der Waals surface area contributed by atoms with Gasteiger partial charge in [0.2, 0.25) is 5.69 Å². The van der Waals surface area contributed by atoms with E-state index in [1.165, 1.54) is 5.69 Å². The Morgan fingerprint density at radius 1 is 1.00 bits per heavy atom. The van der Waals surface area contributed by atoms with Gasteiger partial charge >= 0.3 is 0 Å². The predicted molar refractivity (Wildman–Crippen MR) is 69.5 cm³/mol. The molecule has 86 valence electrons. The van der Waals surface area contributed by atoms with Crippen LogP contribution in [0.4, 0.5) is 0 Å². The summed E-state index contributed by atoms with van der Waals surface area (Å²) in [7, 11) is 3.71. The van der Waals surface area contributed by atoms with Crippen LogP contribution in [0.2, 0.25) is 0 Å². The molecule has 1 heterocycles. The Morgan fingerprint density at radius 3 is 2.41 bits per heavy atom. The van der Waals surface area contributed by atoms with Gasteiger partial charge in [-0.3, -0.25) is 0 Å². The fourth-order valence-electron chi connectivity index (χ4n) is 1.61. The van der Waals surface area contributed by atoms with Crippen molar-refractivity contribution in [2.24, 2.45) is 7.05 Å². The summed E-state index contributed by atoms with van der Waals surface area (Å²) in [4.78, 5) is 0. The number of hydrogen-bond acceptors (Lipinski definition) is 1. The minimum Gasteiger partial charge on any atom is -0.497 e. The normalized spacial score (nSPS) is 10.7. The Balaban J connectivity index is 2.17. The molecule has 1 aromatic heterocycles. The molecule has 0 saturated carbocycles. The molecular weight excluding hydrogens is 210 g/mol. The molecule has 2 aromatic rings. The largest absolute Gasteiger partial charge is 0.497 e. The van der Waals surface area contributed by atoms with Crippen LogP contribution in [0.5, 0.6) is 5.75 Å². The van der Waals surface area contributed by atoms with Gasteiger partial charge in [-0.15, -0.1) is 0 Å². The lowest BCUT2D eigenvalue weighted by atomic mass is 10.2. The van der Waals surface area contributed by atoms with Crippen molar-refractivity contribution in [2.75, 3.05) is 7.11 Å². The molecule has 0 spiro atoms. The van der Waals surface area contributed by atoms with E-state index < -0.39 is 0 Å². The number of hydrogen-bond donors (Lipinski definition) is 0. The SMILES string of the molecule is COc1ccc(/C=C\c2cccc[n+]2C)cc1. The van der Waals surface area contributed by atoms with Crippen LogP contribution in [0.15, 0.2) is 48.7 Å². The highest BCUT2D eigenvalue weighted by molar-refractivity contribution is 5.67. The van der Waals surface area contributed by atoms with Crippen LogP contribution in [-0.4, -0.2) is 7.11 Å². The zero-order valence-electron chi connectivity index (χ0n) is 10.1. The van der Waals surface area contributed by atoms with Crippen LogP contribution < -0.4 is 9.30 Å². The van der Waals surface area contributed by atoms with Gasteiger partial charge in [0.15, 0.2) is 6.20 Å². The Morgan fingerprint density at radius 2 is 1.76 bits per heavy atom. The van der Waals surface area contributed by atoms with Crippen LogP contribution >= 0.6 is 0 Å². The second-order valence-electron chi connectivity index (χ2n) is 3.84. The number of aryl methyl sites for hydroxylation is 1.